The molecule has 1 aromatic heterocycles. The van der Waals surface area contributed by atoms with Gasteiger partial charge in [-0.25, -0.2) is 4.79 Å². The third-order valence-corrected chi connectivity index (χ3v) is 3.72. The molecule has 1 aromatic rings. The van der Waals surface area contributed by atoms with E-state index in [0.717, 1.165) is 0 Å². The van der Waals surface area contributed by atoms with Crippen LogP contribution in [0.15, 0.2) is 0 Å². The van der Waals surface area contributed by atoms with Crippen molar-refractivity contribution < 1.29 is 22.7 Å². The lowest BCUT2D eigenvalue weighted by molar-refractivity contribution is -0.138. The molecule has 1 fully saturated rings. The Kier molecular flexibility index (Phi) is 4.43. The van der Waals surface area contributed by atoms with Gasteiger partial charge in [0.15, 0.2) is 0 Å². The molecule has 0 radical (unpaired) electrons. The molecule has 0 aromatic carbocycles. The summed E-state index contributed by atoms with van der Waals surface area (Å²) in [7, 11) is 0. The summed E-state index contributed by atoms with van der Waals surface area (Å²) < 4.78 is 42.4. The van der Waals surface area contributed by atoms with E-state index in [9.17, 15) is 18.0 Å². The number of anilines is 1. The Bertz CT molecular complexity index is 479. The lowest BCUT2D eigenvalue weighted by atomic mass is 10.2. The minimum absolute atomic E-state index is 0.0845. The van der Waals surface area contributed by atoms with Crippen molar-refractivity contribution in [1.82, 2.24) is 15.1 Å². The Labute approximate surface area is 116 Å². The summed E-state index contributed by atoms with van der Waals surface area (Å²) in [5, 5.41) is 7.44. The first kappa shape index (κ1) is 15.0. The van der Waals surface area contributed by atoms with Gasteiger partial charge in [-0.05, 0) is 6.42 Å². The Morgan fingerprint density at radius 1 is 1.55 bits per heavy atom. The molecule has 1 saturated heterocycles. The zero-order chi connectivity index (χ0) is 14.8. The second-order valence-corrected chi connectivity index (χ2v) is 5.15. The van der Waals surface area contributed by atoms with Crippen LogP contribution in [0.5, 0.6) is 0 Å². The van der Waals surface area contributed by atoms with Crippen molar-refractivity contribution >= 4 is 22.5 Å². The number of nitrogens with one attached hydrogen (secondary N) is 1. The van der Waals surface area contributed by atoms with E-state index < -0.39 is 17.2 Å². The maximum absolute atomic E-state index is 12.4. The second-order valence-electron chi connectivity index (χ2n) is 4.17. The largest absolute Gasteiger partial charge is 0.445 e. The molecule has 1 aliphatic heterocycles. The van der Waals surface area contributed by atoms with E-state index in [2.05, 4.69) is 15.5 Å². The highest BCUT2D eigenvalue weighted by Gasteiger charge is 2.36. The average Bonchev–Trinajstić information content (AvgIpc) is 2.87. The molecule has 2 heterocycles. The van der Waals surface area contributed by atoms with Gasteiger partial charge >= 0.3 is 12.2 Å². The highest BCUT2D eigenvalue weighted by Crippen LogP contribution is 2.33. The topological polar surface area (TPSA) is 67.3 Å². The number of halogens is 3. The molecule has 2 amide bonds. The number of ether oxygens (including phenoxy) is 1. The van der Waals surface area contributed by atoms with Crippen molar-refractivity contribution in [2.75, 3.05) is 25.1 Å². The van der Waals surface area contributed by atoms with Crippen LogP contribution in [0.4, 0.5) is 23.1 Å². The smallest absolute Gasteiger partial charge is 0.377 e. The van der Waals surface area contributed by atoms with Crippen LogP contribution in [0.1, 0.15) is 18.4 Å². The second kappa shape index (κ2) is 5.92. The minimum atomic E-state index is -4.55. The van der Waals surface area contributed by atoms with Crippen LogP contribution in [-0.2, 0) is 10.9 Å². The molecule has 0 spiro atoms. The number of rotatable bonds is 2. The predicted octanol–water partition coefficient (Wildman–Crippen LogP) is 2.20. The molecule has 112 valence electrons. The molecule has 2 rings (SSSR count). The Balaban J connectivity index is 2.02. The maximum atomic E-state index is 12.4. The van der Waals surface area contributed by atoms with Crippen LogP contribution >= 0.6 is 11.3 Å². The van der Waals surface area contributed by atoms with Crippen molar-refractivity contribution in [1.29, 1.82) is 0 Å². The van der Waals surface area contributed by atoms with Crippen LogP contribution < -0.4 is 5.32 Å². The fourth-order valence-electron chi connectivity index (χ4n) is 1.81. The van der Waals surface area contributed by atoms with Crippen molar-refractivity contribution in [3.05, 3.63) is 5.01 Å². The van der Waals surface area contributed by atoms with Crippen LogP contribution in [0.25, 0.3) is 0 Å². The summed E-state index contributed by atoms with van der Waals surface area (Å²) >= 11 is 0.304. The summed E-state index contributed by atoms with van der Waals surface area (Å²) in [6.07, 6.45) is -3.84. The number of hydrogen-bond acceptors (Lipinski definition) is 5. The molecule has 1 aliphatic rings. The van der Waals surface area contributed by atoms with Crippen molar-refractivity contribution in [2.45, 2.75) is 25.6 Å². The van der Waals surface area contributed by atoms with Gasteiger partial charge in [-0.15, -0.1) is 10.2 Å². The number of carbonyl (C=O) groups excluding carboxylic acids is 1. The number of urea groups is 1. The zero-order valence-corrected chi connectivity index (χ0v) is 11.4. The van der Waals surface area contributed by atoms with Crippen molar-refractivity contribution in [2.24, 2.45) is 0 Å². The van der Waals surface area contributed by atoms with Crippen molar-refractivity contribution in [3.8, 4) is 0 Å². The normalized spacial score (nSPS) is 20.0. The molecular formula is C10H13F3N4O2S. The number of carbonyl (C=O) groups is 1. The Morgan fingerprint density at radius 3 is 2.90 bits per heavy atom. The van der Waals surface area contributed by atoms with Crippen LogP contribution in [0.3, 0.4) is 0 Å². The molecule has 10 heteroatoms. The van der Waals surface area contributed by atoms with Gasteiger partial charge < -0.3 is 9.64 Å². The number of morpholine rings is 1. The van der Waals surface area contributed by atoms with Gasteiger partial charge in [-0.2, -0.15) is 13.2 Å². The lowest BCUT2D eigenvalue weighted by Crippen LogP contribution is -2.50. The minimum Gasteiger partial charge on any atom is -0.377 e. The highest BCUT2D eigenvalue weighted by atomic mass is 32.1. The SMILES string of the molecule is CC[C@H]1COCCN1C(=O)Nc1nnc(C(F)(F)F)s1. The Morgan fingerprint density at radius 2 is 2.30 bits per heavy atom. The molecule has 1 atom stereocenters. The molecular weight excluding hydrogens is 297 g/mol. The molecule has 0 saturated carbocycles. The lowest BCUT2D eigenvalue weighted by Gasteiger charge is -2.34. The van der Waals surface area contributed by atoms with E-state index in [1.54, 1.807) is 0 Å². The van der Waals surface area contributed by atoms with Gasteiger partial charge in [0.25, 0.3) is 0 Å². The monoisotopic (exact) mass is 310 g/mol. The predicted molar refractivity (Wildman–Crippen MR) is 65.5 cm³/mol. The van der Waals surface area contributed by atoms with Gasteiger partial charge in [-0.3, -0.25) is 5.32 Å². The third kappa shape index (κ3) is 3.37. The van der Waals surface area contributed by atoms with Gasteiger partial charge in [0, 0.05) is 6.54 Å². The first-order valence-corrected chi connectivity index (χ1v) is 6.79. The molecule has 20 heavy (non-hydrogen) atoms. The molecule has 0 bridgehead atoms. The number of aromatic nitrogens is 2. The average molecular weight is 310 g/mol. The van der Waals surface area contributed by atoms with Crippen LogP contribution in [-0.4, -0.2) is 46.9 Å². The molecule has 0 aliphatic carbocycles. The number of hydrogen-bond donors (Lipinski definition) is 1. The maximum Gasteiger partial charge on any atom is 0.445 e. The van der Waals surface area contributed by atoms with Crippen LogP contribution in [0.2, 0.25) is 0 Å². The van der Waals surface area contributed by atoms with E-state index in [4.69, 9.17) is 4.74 Å². The summed E-state index contributed by atoms with van der Waals surface area (Å²) in [6.45, 7) is 3.14. The standard InChI is InChI=1S/C10H13F3N4O2S/c1-2-6-5-19-4-3-17(6)9(18)14-8-16-15-7(20-8)10(11,12)13/h6H,2-5H2,1H3,(H,14,16,18)/t6-/m0/s1. The van der Waals surface area contributed by atoms with Crippen molar-refractivity contribution in [3.63, 3.8) is 0 Å². The summed E-state index contributed by atoms with van der Waals surface area (Å²) in [5.41, 5.74) is 0. The van der Waals surface area contributed by atoms with E-state index >= 15 is 0 Å². The summed E-state index contributed by atoms with van der Waals surface area (Å²) in [4.78, 5) is 13.6. The van der Waals surface area contributed by atoms with E-state index in [-0.39, 0.29) is 11.2 Å². The summed E-state index contributed by atoms with van der Waals surface area (Å²) in [6, 6.07) is -0.566. The number of alkyl halides is 3. The first-order chi connectivity index (χ1) is 9.41. The number of nitrogens with zero attached hydrogens (tertiary/aromatic N) is 3. The molecule has 0 unspecified atom stereocenters. The molecule has 6 nitrogen and oxygen atoms in total. The van der Waals surface area contributed by atoms with E-state index in [0.29, 0.717) is 37.5 Å². The van der Waals surface area contributed by atoms with Gasteiger partial charge in [-0.1, -0.05) is 18.3 Å². The third-order valence-electron chi connectivity index (χ3n) is 2.84. The first-order valence-electron chi connectivity index (χ1n) is 5.98. The van der Waals surface area contributed by atoms with E-state index in [1.165, 1.54) is 4.90 Å². The quantitative estimate of drug-likeness (QED) is 0.909. The highest BCUT2D eigenvalue weighted by molar-refractivity contribution is 7.15. The van der Waals surface area contributed by atoms with Gasteiger partial charge in [0.2, 0.25) is 10.1 Å². The number of amides is 2. The van der Waals surface area contributed by atoms with Gasteiger partial charge in [0.05, 0.1) is 19.3 Å². The van der Waals surface area contributed by atoms with E-state index in [1.807, 2.05) is 6.92 Å². The summed E-state index contributed by atoms with van der Waals surface area (Å²) in [5.74, 6) is 0. The van der Waals surface area contributed by atoms with Crippen LogP contribution in [0, 0.1) is 0 Å². The fraction of sp³-hybridized carbons (Fsp3) is 0.700. The Hall–Kier alpha value is -1.42. The van der Waals surface area contributed by atoms with Gasteiger partial charge in [0.1, 0.15) is 0 Å². The fourth-order valence-corrected chi connectivity index (χ4v) is 2.41. The molecule has 1 N–H and O–H groups in total. The zero-order valence-electron chi connectivity index (χ0n) is 10.6.